The minimum atomic E-state index is -2.76. The molecule has 0 saturated carbocycles. The van der Waals surface area contributed by atoms with Gasteiger partial charge in [-0.2, -0.15) is 0 Å². The van der Waals surface area contributed by atoms with E-state index in [1.165, 1.54) is 0 Å². The molecule has 1 heterocycles. The van der Waals surface area contributed by atoms with Crippen LogP contribution in [0.3, 0.4) is 0 Å². The van der Waals surface area contributed by atoms with E-state index in [-0.39, 0.29) is 0 Å². The largest absolute Gasteiger partial charge is 0.346 e. The molecule has 1 fully saturated rings. The molecule has 0 amide bonds. The van der Waals surface area contributed by atoms with Gasteiger partial charge < -0.3 is 4.52 Å². The Morgan fingerprint density at radius 2 is 1.69 bits per heavy atom. The van der Waals surface area contributed by atoms with E-state index in [4.69, 9.17) is 4.52 Å². The van der Waals surface area contributed by atoms with Gasteiger partial charge in [0.2, 0.25) is 0 Å². The van der Waals surface area contributed by atoms with E-state index in [1.807, 2.05) is 16.3 Å². The van der Waals surface area contributed by atoms with Crippen LogP contribution in [0, 0.1) is 0 Å². The van der Waals surface area contributed by atoms with E-state index in [1.54, 1.807) is 0 Å². The van der Waals surface area contributed by atoms with Crippen molar-refractivity contribution >= 4 is 39.5 Å². The van der Waals surface area contributed by atoms with Crippen LogP contribution in [-0.4, -0.2) is 52.8 Å². The molecule has 7 heteroatoms. The van der Waals surface area contributed by atoms with Crippen molar-refractivity contribution in [1.29, 1.82) is 0 Å². The molecule has 0 aromatic heterocycles. The second-order valence-corrected chi connectivity index (χ2v) is 7.50. The average Bonchev–Trinajstić information content (AvgIpc) is 2.25. The molecular formula is C9H19Br2N2O2P. The fourth-order valence-corrected chi connectivity index (χ4v) is 5.79. The fourth-order valence-electron chi connectivity index (χ4n) is 1.87. The Morgan fingerprint density at radius 1 is 1.19 bits per heavy atom. The Balaban J connectivity index is 2.79. The standard InChI is InChI=1S/C9H19Br2N2O2P/c1-2-15-16(14)12(8-4-10)6-3-7-13(16)9-5-11/h2-9H2,1H3. The monoisotopic (exact) mass is 376 g/mol. The summed E-state index contributed by atoms with van der Waals surface area (Å²) in [7, 11) is -2.76. The van der Waals surface area contributed by atoms with Gasteiger partial charge in [0, 0.05) is 36.8 Å². The first-order valence-electron chi connectivity index (χ1n) is 5.56. The predicted octanol–water partition coefficient (Wildman–Crippen LogP) is 2.93. The molecule has 96 valence electrons. The van der Waals surface area contributed by atoms with Crippen LogP contribution in [0.2, 0.25) is 0 Å². The van der Waals surface area contributed by atoms with Gasteiger partial charge in [0.1, 0.15) is 0 Å². The lowest BCUT2D eigenvalue weighted by molar-refractivity contribution is 0.192. The van der Waals surface area contributed by atoms with Crippen LogP contribution in [0.4, 0.5) is 0 Å². The highest BCUT2D eigenvalue weighted by Gasteiger charge is 2.40. The van der Waals surface area contributed by atoms with Crippen LogP contribution in [-0.2, 0) is 9.09 Å². The summed E-state index contributed by atoms with van der Waals surface area (Å²) in [5, 5.41) is 1.65. The molecule has 1 aliphatic heterocycles. The van der Waals surface area contributed by atoms with E-state index in [0.29, 0.717) is 6.61 Å². The second kappa shape index (κ2) is 7.49. The van der Waals surface area contributed by atoms with Crippen molar-refractivity contribution in [1.82, 2.24) is 9.34 Å². The fraction of sp³-hybridized carbons (Fsp3) is 1.00. The van der Waals surface area contributed by atoms with Crippen LogP contribution in [0.5, 0.6) is 0 Å². The molecule has 0 spiro atoms. The zero-order chi connectivity index (χ0) is 12.0. The summed E-state index contributed by atoms with van der Waals surface area (Å²) in [6.07, 6.45) is 1.05. The molecule has 0 unspecified atom stereocenters. The van der Waals surface area contributed by atoms with Gasteiger partial charge in [0.15, 0.2) is 0 Å². The van der Waals surface area contributed by atoms with E-state index in [9.17, 15) is 4.57 Å². The third-order valence-electron chi connectivity index (χ3n) is 2.53. The minimum Gasteiger partial charge on any atom is -0.306 e. The first-order chi connectivity index (χ1) is 7.69. The highest BCUT2D eigenvalue weighted by molar-refractivity contribution is 9.09. The number of halogens is 2. The Hall–Kier alpha value is 1.07. The maximum absolute atomic E-state index is 12.9. The molecule has 0 N–H and O–H groups in total. The van der Waals surface area contributed by atoms with Gasteiger partial charge in [-0.3, -0.25) is 4.57 Å². The van der Waals surface area contributed by atoms with E-state index in [0.717, 1.165) is 43.3 Å². The SMILES string of the molecule is CCOP1(=O)N(CCBr)CCCN1CCBr. The van der Waals surface area contributed by atoms with Crippen LogP contribution in [0.15, 0.2) is 0 Å². The third kappa shape index (κ3) is 3.53. The van der Waals surface area contributed by atoms with Gasteiger partial charge >= 0.3 is 7.67 Å². The lowest BCUT2D eigenvalue weighted by Crippen LogP contribution is -2.41. The highest BCUT2D eigenvalue weighted by atomic mass is 79.9. The first kappa shape index (κ1) is 15.1. The summed E-state index contributed by atoms with van der Waals surface area (Å²) in [4.78, 5) is 0. The molecule has 4 nitrogen and oxygen atoms in total. The molecule has 1 aliphatic rings. The molecule has 1 rings (SSSR count). The lowest BCUT2D eigenvalue weighted by Gasteiger charge is -2.41. The minimum absolute atomic E-state index is 0.495. The molecule has 0 atom stereocenters. The zero-order valence-electron chi connectivity index (χ0n) is 9.57. The summed E-state index contributed by atoms with van der Waals surface area (Å²) in [6.45, 7) is 5.66. The molecule has 0 radical (unpaired) electrons. The summed E-state index contributed by atoms with van der Waals surface area (Å²) in [6, 6.07) is 0. The Labute approximate surface area is 115 Å². The van der Waals surface area contributed by atoms with E-state index >= 15 is 0 Å². The van der Waals surface area contributed by atoms with Gasteiger partial charge in [-0.25, -0.2) is 9.34 Å². The maximum Gasteiger partial charge on any atom is 0.346 e. The zero-order valence-corrected chi connectivity index (χ0v) is 13.6. The number of hydrogen-bond acceptors (Lipinski definition) is 2. The Kier molecular flexibility index (Phi) is 7.08. The summed E-state index contributed by atoms with van der Waals surface area (Å²) in [5.74, 6) is 0. The number of nitrogens with zero attached hydrogens (tertiary/aromatic N) is 2. The summed E-state index contributed by atoms with van der Waals surface area (Å²) < 4.78 is 22.4. The Bertz CT molecular complexity index is 234. The molecule has 0 bridgehead atoms. The molecule has 0 aliphatic carbocycles. The van der Waals surface area contributed by atoms with Crippen LogP contribution < -0.4 is 0 Å². The lowest BCUT2D eigenvalue weighted by atomic mass is 10.4. The topological polar surface area (TPSA) is 32.8 Å². The number of hydrogen-bond donors (Lipinski definition) is 0. The predicted molar refractivity (Wildman–Crippen MR) is 74.6 cm³/mol. The van der Waals surface area contributed by atoms with Crippen LogP contribution in [0.1, 0.15) is 13.3 Å². The highest BCUT2D eigenvalue weighted by Crippen LogP contribution is 2.56. The van der Waals surface area contributed by atoms with E-state index < -0.39 is 7.67 Å². The van der Waals surface area contributed by atoms with Gasteiger partial charge in [0.25, 0.3) is 0 Å². The maximum atomic E-state index is 12.9. The molecular weight excluding hydrogens is 359 g/mol. The average molecular weight is 378 g/mol. The quantitative estimate of drug-likeness (QED) is 0.526. The molecule has 1 saturated heterocycles. The van der Waals surface area contributed by atoms with Crippen LogP contribution in [0.25, 0.3) is 0 Å². The second-order valence-electron chi connectivity index (χ2n) is 3.55. The van der Waals surface area contributed by atoms with Crippen molar-refractivity contribution in [2.24, 2.45) is 0 Å². The third-order valence-corrected chi connectivity index (χ3v) is 6.06. The van der Waals surface area contributed by atoms with Crippen molar-refractivity contribution < 1.29 is 9.09 Å². The number of rotatable bonds is 6. The normalized spacial score (nSPS) is 22.4. The van der Waals surface area contributed by atoms with E-state index in [2.05, 4.69) is 31.9 Å². The number of alkyl halides is 2. The van der Waals surface area contributed by atoms with Gasteiger partial charge in [0.05, 0.1) is 6.61 Å². The molecule has 0 aromatic carbocycles. The van der Waals surface area contributed by atoms with Crippen LogP contribution >= 0.6 is 39.5 Å². The van der Waals surface area contributed by atoms with Gasteiger partial charge in [-0.15, -0.1) is 0 Å². The van der Waals surface area contributed by atoms with Gasteiger partial charge in [-0.05, 0) is 13.3 Å². The van der Waals surface area contributed by atoms with Crippen molar-refractivity contribution in [2.45, 2.75) is 13.3 Å². The summed E-state index contributed by atoms with van der Waals surface area (Å²) in [5.41, 5.74) is 0. The molecule has 0 aromatic rings. The van der Waals surface area contributed by atoms with Crippen molar-refractivity contribution in [3.8, 4) is 0 Å². The Morgan fingerprint density at radius 3 is 2.06 bits per heavy atom. The van der Waals surface area contributed by atoms with Crippen molar-refractivity contribution in [2.75, 3.05) is 43.4 Å². The van der Waals surface area contributed by atoms with Crippen molar-refractivity contribution in [3.63, 3.8) is 0 Å². The summed E-state index contributed by atoms with van der Waals surface area (Å²) >= 11 is 6.80. The van der Waals surface area contributed by atoms with Crippen molar-refractivity contribution in [3.05, 3.63) is 0 Å². The van der Waals surface area contributed by atoms with Gasteiger partial charge in [-0.1, -0.05) is 31.9 Å². The molecule has 16 heavy (non-hydrogen) atoms. The smallest absolute Gasteiger partial charge is 0.306 e. The first-order valence-corrected chi connectivity index (χ1v) is 9.33.